The third kappa shape index (κ3) is 4.70. The number of aryl methyl sites for hydroxylation is 1. The highest BCUT2D eigenvalue weighted by Gasteiger charge is 2.16. The molecule has 4 nitrogen and oxygen atoms in total. The number of benzene rings is 2. The third-order valence-corrected chi connectivity index (χ3v) is 4.22. The van der Waals surface area contributed by atoms with Gasteiger partial charge < -0.3 is 9.64 Å². The van der Waals surface area contributed by atoms with Crippen molar-refractivity contribution in [1.29, 1.82) is 0 Å². The Balaban J connectivity index is 1.71. The van der Waals surface area contributed by atoms with Crippen LogP contribution in [0.25, 0.3) is 0 Å². The first kappa shape index (κ1) is 17.7. The Morgan fingerprint density at radius 3 is 2.38 bits per heavy atom. The van der Waals surface area contributed by atoms with E-state index in [0.29, 0.717) is 19.4 Å². The lowest BCUT2D eigenvalue weighted by Gasteiger charge is -2.23. The Morgan fingerprint density at radius 1 is 0.962 bits per heavy atom. The van der Waals surface area contributed by atoms with Gasteiger partial charge in [0, 0.05) is 24.5 Å². The van der Waals surface area contributed by atoms with Gasteiger partial charge >= 0.3 is 0 Å². The van der Waals surface area contributed by atoms with Crippen molar-refractivity contribution in [2.45, 2.75) is 19.4 Å². The van der Waals surface area contributed by atoms with Gasteiger partial charge in [-0.3, -0.25) is 9.78 Å². The Hall–Kier alpha value is -3.14. The van der Waals surface area contributed by atoms with Gasteiger partial charge in [0.15, 0.2) is 0 Å². The number of aromatic nitrogens is 1. The Labute approximate surface area is 154 Å². The van der Waals surface area contributed by atoms with Crippen molar-refractivity contribution in [2.75, 3.05) is 12.0 Å². The molecule has 4 heteroatoms. The molecule has 3 aromatic rings. The summed E-state index contributed by atoms with van der Waals surface area (Å²) in [4.78, 5) is 18.9. The van der Waals surface area contributed by atoms with Crippen molar-refractivity contribution in [2.24, 2.45) is 0 Å². The number of anilines is 1. The minimum atomic E-state index is 0.0934. The number of carbonyl (C=O) groups excluding carboxylic acids is 1. The zero-order chi connectivity index (χ0) is 18.2. The van der Waals surface area contributed by atoms with E-state index in [4.69, 9.17) is 4.74 Å². The quantitative estimate of drug-likeness (QED) is 0.642. The average Bonchev–Trinajstić information content (AvgIpc) is 2.72. The summed E-state index contributed by atoms with van der Waals surface area (Å²) < 4.78 is 5.18. The molecule has 0 saturated carbocycles. The van der Waals surface area contributed by atoms with Crippen LogP contribution in [0.2, 0.25) is 0 Å². The molecule has 1 heterocycles. The van der Waals surface area contributed by atoms with Gasteiger partial charge in [0.05, 0.1) is 13.7 Å². The first-order valence-corrected chi connectivity index (χ1v) is 8.63. The van der Waals surface area contributed by atoms with E-state index >= 15 is 0 Å². The topological polar surface area (TPSA) is 42.4 Å². The molecule has 1 amide bonds. The van der Waals surface area contributed by atoms with Crippen LogP contribution < -0.4 is 9.64 Å². The molecule has 0 N–H and O–H groups in total. The molecule has 26 heavy (non-hydrogen) atoms. The van der Waals surface area contributed by atoms with Crippen molar-refractivity contribution in [3.63, 3.8) is 0 Å². The highest BCUT2D eigenvalue weighted by molar-refractivity contribution is 5.93. The van der Waals surface area contributed by atoms with E-state index < -0.39 is 0 Å². The fourth-order valence-corrected chi connectivity index (χ4v) is 2.78. The molecule has 3 rings (SSSR count). The first-order valence-electron chi connectivity index (χ1n) is 8.63. The number of nitrogens with zero attached hydrogens (tertiary/aromatic N) is 2. The highest BCUT2D eigenvalue weighted by atomic mass is 16.5. The van der Waals surface area contributed by atoms with Crippen LogP contribution in [-0.2, 0) is 17.8 Å². The molecule has 132 valence electrons. The largest absolute Gasteiger partial charge is 0.497 e. The summed E-state index contributed by atoms with van der Waals surface area (Å²) in [6, 6.07) is 21.5. The van der Waals surface area contributed by atoms with Gasteiger partial charge in [0.25, 0.3) is 0 Å². The lowest BCUT2D eigenvalue weighted by molar-refractivity contribution is -0.118. The number of para-hydroxylation sites is 1. The predicted molar refractivity (Wildman–Crippen MR) is 103 cm³/mol. The number of amides is 1. The van der Waals surface area contributed by atoms with Gasteiger partial charge in [-0.2, -0.15) is 0 Å². The normalized spacial score (nSPS) is 10.3. The summed E-state index contributed by atoms with van der Waals surface area (Å²) in [6.45, 7) is 0.513. The Morgan fingerprint density at radius 2 is 1.73 bits per heavy atom. The van der Waals surface area contributed by atoms with Crippen LogP contribution in [0.1, 0.15) is 17.5 Å². The van der Waals surface area contributed by atoms with Crippen molar-refractivity contribution < 1.29 is 9.53 Å². The van der Waals surface area contributed by atoms with E-state index in [1.807, 2.05) is 71.6 Å². The van der Waals surface area contributed by atoms with Crippen LogP contribution in [0.4, 0.5) is 5.69 Å². The maximum Gasteiger partial charge on any atom is 0.227 e. The van der Waals surface area contributed by atoms with Crippen LogP contribution in [0, 0.1) is 0 Å². The third-order valence-electron chi connectivity index (χ3n) is 4.22. The summed E-state index contributed by atoms with van der Waals surface area (Å²) in [5.41, 5.74) is 3.03. The molecule has 0 aliphatic rings. The molecule has 0 fully saturated rings. The zero-order valence-electron chi connectivity index (χ0n) is 14.8. The van der Waals surface area contributed by atoms with Crippen LogP contribution in [0.5, 0.6) is 5.75 Å². The molecule has 0 aliphatic carbocycles. The second-order valence-electron chi connectivity index (χ2n) is 6.02. The summed E-state index contributed by atoms with van der Waals surface area (Å²) in [6.07, 6.45) is 4.68. The van der Waals surface area contributed by atoms with Gasteiger partial charge in [-0.05, 0) is 47.9 Å². The van der Waals surface area contributed by atoms with E-state index in [0.717, 1.165) is 22.6 Å². The Kier molecular flexibility index (Phi) is 5.99. The molecule has 1 aromatic heterocycles. The molecular formula is C22H22N2O2. The molecule has 0 bridgehead atoms. The van der Waals surface area contributed by atoms with E-state index in [-0.39, 0.29) is 5.91 Å². The van der Waals surface area contributed by atoms with Gasteiger partial charge in [-0.25, -0.2) is 0 Å². The second-order valence-corrected chi connectivity index (χ2v) is 6.02. The van der Waals surface area contributed by atoms with E-state index in [1.54, 1.807) is 19.5 Å². The monoisotopic (exact) mass is 346 g/mol. The average molecular weight is 346 g/mol. The standard InChI is InChI=1S/C22H22N2O2/c1-26-21-12-9-18(10-13-21)11-14-22(25)24(20-7-3-2-4-8-20)17-19-6-5-15-23-16-19/h2-10,12-13,15-16H,11,14,17H2,1H3. The number of rotatable bonds is 7. The van der Waals surface area contributed by atoms with E-state index in [1.165, 1.54) is 0 Å². The molecule has 0 atom stereocenters. The lowest BCUT2D eigenvalue weighted by atomic mass is 10.1. The molecule has 0 spiro atoms. The minimum Gasteiger partial charge on any atom is -0.497 e. The molecular weight excluding hydrogens is 324 g/mol. The number of hydrogen-bond acceptors (Lipinski definition) is 3. The maximum atomic E-state index is 12.9. The second kappa shape index (κ2) is 8.81. The SMILES string of the molecule is COc1ccc(CCC(=O)N(Cc2cccnc2)c2ccccc2)cc1. The van der Waals surface area contributed by atoms with Gasteiger partial charge in [-0.1, -0.05) is 36.4 Å². The molecule has 0 unspecified atom stereocenters. The maximum absolute atomic E-state index is 12.9. The van der Waals surface area contributed by atoms with Gasteiger partial charge in [0.2, 0.25) is 5.91 Å². The van der Waals surface area contributed by atoms with Crippen molar-refractivity contribution >= 4 is 11.6 Å². The van der Waals surface area contributed by atoms with Gasteiger partial charge in [-0.15, -0.1) is 0 Å². The number of hydrogen-bond donors (Lipinski definition) is 0. The zero-order valence-corrected chi connectivity index (χ0v) is 14.8. The summed E-state index contributed by atoms with van der Waals surface area (Å²) in [5, 5.41) is 0. The Bertz CT molecular complexity index is 818. The molecule has 0 radical (unpaired) electrons. The summed E-state index contributed by atoms with van der Waals surface area (Å²) in [5.74, 6) is 0.915. The predicted octanol–water partition coefficient (Wildman–Crippen LogP) is 4.26. The van der Waals surface area contributed by atoms with Crippen LogP contribution in [0.15, 0.2) is 79.1 Å². The summed E-state index contributed by atoms with van der Waals surface area (Å²) >= 11 is 0. The highest BCUT2D eigenvalue weighted by Crippen LogP contribution is 2.19. The molecule has 2 aromatic carbocycles. The van der Waals surface area contributed by atoms with E-state index in [2.05, 4.69) is 4.98 Å². The lowest BCUT2D eigenvalue weighted by Crippen LogP contribution is -2.30. The van der Waals surface area contributed by atoms with Crippen molar-refractivity contribution in [3.05, 3.63) is 90.3 Å². The fourth-order valence-electron chi connectivity index (χ4n) is 2.78. The molecule has 0 aliphatic heterocycles. The van der Waals surface area contributed by atoms with Crippen molar-refractivity contribution in [1.82, 2.24) is 4.98 Å². The van der Waals surface area contributed by atoms with Crippen LogP contribution >= 0.6 is 0 Å². The van der Waals surface area contributed by atoms with Gasteiger partial charge in [0.1, 0.15) is 5.75 Å². The minimum absolute atomic E-state index is 0.0934. The summed E-state index contributed by atoms with van der Waals surface area (Å²) in [7, 11) is 1.65. The smallest absolute Gasteiger partial charge is 0.227 e. The van der Waals surface area contributed by atoms with Crippen molar-refractivity contribution in [3.8, 4) is 5.75 Å². The molecule has 0 saturated heterocycles. The fraction of sp³-hybridized carbons (Fsp3) is 0.182. The first-order chi connectivity index (χ1) is 12.8. The number of pyridine rings is 1. The van der Waals surface area contributed by atoms with Crippen LogP contribution in [-0.4, -0.2) is 18.0 Å². The number of ether oxygens (including phenoxy) is 1. The number of methoxy groups -OCH3 is 1. The van der Waals surface area contributed by atoms with E-state index in [9.17, 15) is 4.79 Å². The van der Waals surface area contributed by atoms with Crippen LogP contribution in [0.3, 0.4) is 0 Å². The number of carbonyl (C=O) groups is 1.